The minimum atomic E-state index is -0.933. The normalized spacial score (nSPS) is 22.0. The number of carbonyl (C=O) groups excluding carboxylic acids is 1. The van der Waals surface area contributed by atoms with Gasteiger partial charge in [-0.3, -0.25) is 9.59 Å². The smallest absolute Gasteiger partial charge is 0.305 e. The van der Waals surface area contributed by atoms with Gasteiger partial charge in [0, 0.05) is 31.7 Å². The maximum Gasteiger partial charge on any atom is 0.305 e. The predicted molar refractivity (Wildman–Crippen MR) is 73.1 cm³/mol. The van der Waals surface area contributed by atoms with E-state index in [9.17, 15) is 9.59 Å². The van der Waals surface area contributed by atoms with E-state index >= 15 is 0 Å². The van der Waals surface area contributed by atoms with Gasteiger partial charge in [0.2, 0.25) is 0 Å². The van der Waals surface area contributed by atoms with Crippen molar-refractivity contribution in [3.8, 4) is 0 Å². The lowest BCUT2D eigenvalue weighted by Crippen LogP contribution is -2.37. The molecule has 1 N–H and O–H groups in total. The van der Waals surface area contributed by atoms with Crippen molar-refractivity contribution < 1.29 is 24.0 Å². The molecule has 0 aromatic carbocycles. The van der Waals surface area contributed by atoms with E-state index in [1.807, 2.05) is 13.8 Å². The van der Waals surface area contributed by atoms with E-state index in [2.05, 4.69) is 5.16 Å². The Bertz CT molecular complexity index is 525. The van der Waals surface area contributed by atoms with E-state index in [0.717, 1.165) is 0 Å². The number of methoxy groups -OCH3 is 1. The van der Waals surface area contributed by atoms with E-state index in [0.29, 0.717) is 18.7 Å². The average Bonchev–Trinajstić information content (AvgIpc) is 3.03. The molecule has 1 saturated heterocycles. The number of hydrogen-bond donors (Lipinski definition) is 1. The summed E-state index contributed by atoms with van der Waals surface area (Å²) in [5.41, 5.74) is 0.214. The number of aliphatic carboxylic acids is 1. The maximum atomic E-state index is 12.5. The summed E-state index contributed by atoms with van der Waals surface area (Å²) in [5.74, 6) is -0.469. The molecule has 1 fully saturated rings. The van der Waals surface area contributed by atoms with Crippen LogP contribution in [0.15, 0.2) is 10.6 Å². The number of amides is 1. The molecule has 0 aliphatic carbocycles. The van der Waals surface area contributed by atoms with Crippen molar-refractivity contribution in [3.05, 3.63) is 17.5 Å². The van der Waals surface area contributed by atoms with Crippen LogP contribution in [-0.4, -0.2) is 52.8 Å². The van der Waals surface area contributed by atoms with Gasteiger partial charge >= 0.3 is 5.97 Å². The fourth-order valence-electron chi connectivity index (χ4n) is 2.50. The summed E-state index contributed by atoms with van der Waals surface area (Å²) >= 11 is 0. The van der Waals surface area contributed by atoms with Gasteiger partial charge < -0.3 is 19.3 Å². The first-order valence-corrected chi connectivity index (χ1v) is 6.94. The molecule has 1 aromatic heterocycles. The molecule has 7 nitrogen and oxygen atoms in total. The molecular formula is C14H20N2O5. The van der Waals surface area contributed by atoms with E-state index in [4.69, 9.17) is 14.4 Å². The molecule has 0 radical (unpaired) electrons. The van der Waals surface area contributed by atoms with Crippen LogP contribution >= 0.6 is 0 Å². The van der Waals surface area contributed by atoms with Crippen molar-refractivity contribution in [2.75, 3.05) is 13.7 Å². The lowest BCUT2D eigenvalue weighted by molar-refractivity contribution is -0.137. The molecule has 0 spiro atoms. The van der Waals surface area contributed by atoms with Crippen LogP contribution in [0.2, 0.25) is 0 Å². The Kier molecular flexibility index (Phi) is 4.62. The van der Waals surface area contributed by atoms with Gasteiger partial charge in [-0.15, -0.1) is 0 Å². The van der Waals surface area contributed by atoms with E-state index in [1.54, 1.807) is 13.2 Å². The SMILES string of the molecule is COC1CC(CC(=O)O)N(C(=O)c2cc(C(C)C)on2)C1. The van der Waals surface area contributed by atoms with Crippen LogP contribution in [0.25, 0.3) is 0 Å². The largest absolute Gasteiger partial charge is 0.481 e. The Morgan fingerprint density at radius 2 is 2.29 bits per heavy atom. The van der Waals surface area contributed by atoms with Crippen molar-refractivity contribution in [2.24, 2.45) is 0 Å². The zero-order valence-electron chi connectivity index (χ0n) is 12.4. The predicted octanol–water partition coefficient (Wildman–Crippen LogP) is 1.50. The van der Waals surface area contributed by atoms with Crippen LogP contribution in [0.5, 0.6) is 0 Å². The van der Waals surface area contributed by atoms with Crippen molar-refractivity contribution >= 4 is 11.9 Å². The molecule has 2 unspecified atom stereocenters. The Hall–Kier alpha value is -1.89. The van der Waals surface area contributed by atoms with Crippen LogP contribution in [0, 0.1) is 0 Å². The highest BCUT2D eigenvalue weighted by atomic mass is 16.5. The van der Waals surface area contributed by atoms with Gasteiger partial charge in [0.15, 0.2) is 5.69 Å². The van der Waals surface area contributed by atoms with Crippen LogP contribution in [0.4, 0.5) is 0 Å². The Morgan fingerprint density at radius 1 is 1.57 bits per heavy atom. The standard InChI is InChI=1S/C14H20N2O5/c1-8(2)12-6-11(15-21-12)14(19)16-7-10(20-3)4-9(16)5-13(17)18/h6,8-10H,4-5,7H2,1-3H3,(H,17,18). The molecule has 0 bridgehead atoms. The summed E-state index contributed by atoms with van der Waals surface area (Å²) in [4.78, 5) is 24.9. The number of likely N-dealkylation sites (tertiary alicyclic amines) is 1. The van der Waals surface area contributed by atoms with Gasteiger partial charge in [-0.1, -0.05) is 19.0 Å². The molecule has 1 amide bonds. The summed E-state index contributed by atoms with van der Waals surface area (Å²) in [7, 11) is 1.56. The lowest BCUT2D eigenvalue weighted by Gasteiger charge is -2.21. The van der Waals surface area contributed by atoms with E-state index < -0.39 is 5.97 Å². The topological polar surface area (TPSA) is 92.9 Å². The molecule has 0 saturated carbocycles. The summed E-state index contributed by atoms with van der Waals surface area (Å²) in [6, 6.07) is 1.24. The quantitative estimate of drug-likeness (QED) is 0.885. The van der Waals surface area contributed by atoms with E-state index in [1.165, 1.54) is 4.90 Å². The molecule has 2 heterocycles. The van der Waals surface area contributed by atoms with Gasteiger partial charge in [0.25, 0.3) is 5.91 Å². The lowest BCUT2D eigenvalue weighted by atomic mass is 10.1. The van der Waals surface area contributed by atoms with E-state index in [-0.39, 0.29) is 36.1 Å². The zero-order chi connectivity index (χ0) is 15.6. The average molecular weight is 296 g/mol. The number of carboxylic acid groups (broad SMARTS) is 1. The van der Waals surface area contributed by atoms with Crippen molar-refractivity contribution in [3.63, 3.8) is 0 Å². The maximum absolute atomic E-state index is 12.5. The third kappa shape index (κ3) is 3.41. The molecule has 7 heteroatoms. The number of carbonyl (C=O) groups is 2. The fraction of sp³-hybridized carbons (Fsp3) is 0.643. The highest BCUT2D eigenvalue weighted by molar-refractivity contribution is 5.93. The number of carboxylic acids is 1. The van der Waals surface area contributed by atoms with Crippen molar-refractivity contribution in [1.29, 1.82) is 0 Å². The monoisotopic (exact) mass is 296 g/mol. The minimum absolute atomic E-state index is 0.0967. The van der Waals surface area contributed by atoms with Gasteiger partial charge in [0.05, 0.1) is 12.5 Å². The first kappa shape index (κ1) is 15.5. The molecule has 2 rings (SSSR count). The molecule has 2 atom stereocenters. The highest BCUT2D eigenvalue weighted by Crippen LogP contribution is 2.25. The molecule has 1 aliphatic heterocycles. The fourth-order valence-corrected chi connectivity index (χ4v) is 2.50. The Morgan fingerprint density at radius 3 is 2.81 bits per heavy atom. The molecular weight excluding hydrogens is 276 g/mol. The molecule has 1 aliphatic rings. The van der Waals surface area contributed by atoms with Crippen LogP contribution in [-0.2, 0) is 9.53 Å². The minimum Gasteiger partial charge on any atom is -0.481 e. The van der Waals surface area contributed by atoms with Crippen LogP contribution in [0.3, 0.4) is 0 Å². The Balaban J connectivity index is 2.16. The van der Waals surface area contributed by atoms with Crippen molar-refractivity contribution in [2.45, 2.75) is 44.8 Å². The van der Waals surface area contributed by atoms with Gasteiger partial charge in [-0.05, 0) is 6.42 Å². The second kappa shape index (κ2) is 6.26. The number of ether oxygens (including phenoxy) is 1. The van der Waals surface area contributed by atoms with Gasteiger partial charge in [-0.2, -0.15) is 0 Å². The zero-order valence-corrected chi connectivity index (χ0v) is 12.4. The third-order valence-corrected chi connectivity index (χ3v) is 3.70. The molecule has 1 aromatic rings. The number of rotatable bonds is 5. The van der Waals surface area contributed by atoms with Gasteiger partial charge in [-0.25, -0.2) is 0 Å². The summed E-state index contributed by atoms with van der Waals surface area (Å²) in [5, 5.41) is 12.8. The number of nitrogens with zero attached hydrogens (tertiary/aromatic N) is 2. The molecule has 21 heavy (non-hydrogen) atoms. The first-order chi connectivity index (χ1) is 9.92. The summed E-state index contributed by atoms with van der Waals surface area (Å²) in [6.45, 7) is 4.26. The summed E-state index contributed by atoms with van der Waals surface area (Å²) < 4.78 is 10.4. The highest BCUT2D eigenvalue weighted by Gasteiger charge is 2.38. The molecule has 116 valence electrons. The van der Waals surface area contributed by atoms with Crippen molar-refractivity contribution in [1.82, 2.24) is 10.1 Å². The second-order valence-corrected chi connectivity index (χ2v) is 5.57. The third-order valence-electron chi connectivity index (χ3n) is 3.70. The first-order valence-electron chi connectivity index (χ1n) is 6.94. The summed E-state index contributed by atoms with van der Waals surface area (Å²) in [6.07, 6.45) is 0.277. The van der Waals surface area contributed by atoms with Crippen LogP contribution < -0.4 is 0 Å². The number of aromatic nitrogens is 1. The second-order valence-electron chi connectivity index (χ2n) is 5.57. The van der Waals surface area contributed by atoms with Gasteiger partial charge in [0.1, 0.15) is 5.76 Å². The van der Waals surface area contributed by atoms with Crippen LogP contribution in [0.1, 0.15) is 48.9 Å². The number of hydrogen-bond acceptors (Lipinski definition) is 5. The Labute approximate surface area is 122 Å².